The Morgan fingerprint density at radius 2 is 1.85 bits per heavy atom. The van der Waals surface area contributed by atoms with Crippen LogP contribution in [0.25, 0.3) is 0 Å². The molecule has 0 radical (unpaired) electrons. The van der Waals surface area contributed by atoms with Gasteiger partial charge in [-0.25, -0.2) is 0 Å². The summed E-state index contributed by atoms with van der Waals surface area (Å²) in [5.74, 6) is 5.41. The molecule has 2 aliphatic rings. The Morgan fingerprint density at radius 3 is 2.40 bits per heavy atom. The van der Waals surface area contributed by atoms with E-state index in [1.54, 1.807) is 12.1 Å². The molecule has 4 nitrogen and oxygen atoms in total. The zero-order valence-corrected chi connectivity index (χ0v) is 11.6. The van der Waals surface area contributed by atoms with Gasteiger partial charge < -0.3 is 4.84 Å². The van der Waals surface area contributed by atoms with Crippen LogP contribution in [-0.4, -0.2) is 11.6 Å². The zero-order chi connectivity index (χ0) is 14.3. The summed E-state index contributed by atoms with van der Waals surface area (Å²) in [5.41, 5.74) is 1.82. The maximum absolute atomic E-state index is 12.6. The van der Waals surface area contributed by atoms with E-state index in [-0.39, 0.29) is 23.4 Å². The molecule has 20 heavy (non-hydrogen) atoms. The first-order chi connectivity index (χ1) is 9.65. The molecule has 0 saturated heterocycles. The number of hydrogen-bond donors (Lipinski definition) is 1. The lowest BCUT2D eigenvalue weighted by Crippen LogP contribution is -2.35. The SMILES string of the molecule is CCc1ccc(ON)cc1C1C(=O)C2CCC(C2)C1=O. The molecule has 0 amide bonds. The third-order valence-corrected chi connectivity index (χ3v) is 4.75. The molecule has 106 valence electrons. The first-order valence-corrected chi connectivity index (χ1v) is 7.22. The van der Waals surface area contributed by atoms with Gasteiger partial charge in [-0.3, -0.25) is 9.59 Å². The van der Waals surface area contributed by atoms with E-state index in [1.807, 2.05) is 13.0 Å². The Balaban J connectivity index is 2.07. The zero-order valence-electron chi connectivity index (χ0n) is 11.6. The molecule has 2 aliphatic carbocycles. The summed E-state index contributed by atoms with van der Waals surface area (Å²) in [4.78, 5) is 29.9. The fourth-order valence-corrected chi connectivity index (χ4v) is 3.65. The van der Waals surface area contributed by atoms with Crippen LogP contribution in [0, 0.1) is 11.8 Å². The maximum Gasteiger partial charge on any atom is 0.150 e. The highest BCUT2D eigenvalue weighted by Crippen LogP contribution is 2.44. The molecule has 0 aromatic heterocycles. The smallest absolute Gasteiger partial charge is 0.150 e. The van der Waals surface area contributed by atoms with Crippen molar-refractivity contribution in [1.82, 2.24) is 0 Å². The molecule has 2 unspecified atom stereocenters. The third kappa shape index (κ3) is 1.95. The summed E-state index contributed by atoms with van der Waals surface area (Å²) in [7, 11) is 0. The van der Waals surface area contributed by atoms with Crippen LogP contribution in [0.4, 0.5) is 0 Å². The van der Waals surface area contributed by atoms with Gasteiger partial charge in [0.25, 0.3) is 0 Å². The van der Waals surface area contributed by atoms with Crippen LogP contribution in [0.15, 0.2) is 18.2 Å². The van der Waals surface area contributed by atoms with Crippen molar-refractivity contribution >= 4 is 11.6 Å². The van der Waals surface area contributed by atoms with E-state index < -0.39 is 5.92 Å². The highest BCUT2D eigenvalue weighted by Gasteiger charge is 2.47. The summed E-state index contributed by atoms with van der Waals surface area (Å²) in [6, 6.07) is 5.42. The number of hydrogen-bond acceptors (Lipinski definition) is 4. The maximum atomic E-state index is 12.6. The lowest BCUT2D eigenvalue weighted by molar-refractivity contribution is -0.135. The largest absolute Gasteiger partial charge is 0.412 e. The van der Waals surface area contributed by atoms with Crippen molar-refractivity contribution in [3.05, 3.63) is 29.3 Å². The van der Waals surface area contributed by atoms with E-state index in [0.29, 0.717) is 5.75 Å². The predicted molar refractivity (Wildman–Crippen MR) is 74.2 cm³/mol. The predicted octanol–water partition coefficient (Wildman–Crippen LogP) is 2.15. The van der Waals surface area contributed by atoms with Crippen molar-refractivity contribution in [2.24, 2.45) is 17.7 Å². The minimum Gasteiger partial charge on any atom is -0.412 e. The molecule has 2 saturated carbocycles. The van der Waals surface area contributed by atoms with Gasteiger partial charge in [-0.15, -0.1) is 0 Å². The molecule has 0 aliphatic heterocycles. The lowest BCUT2D eigenvalue weighted by atomic mass is 9.74. The monoisotopic (exact) mass is 273 g/mol. The van der Waals surface area contributed by atoms with Crippen LogP contribution in [-0.2, 0) is 16.0 Å². The van der Waals surface area contributed by atoms with E-state index >= 15 is 0 Å². The molecule has 1 aromatic rings. The molecular formula is C16H19NO3. The summed E-state index contributed by atoms with van der Waals surface area (Å²) in [6.07, 6.45) is 3.26. The fraction of sp³-hybridized carbons (Fsp3) is 0.500. The number of carbonyl (C=O) groups excluding carboxylic acids is 2. The van der Waals surface area contributed by atoms with Gasteiger partial charge >= 0.3 is 0 Å². The highest BCUT2D eigenvalue weighted by molar-refractivity contribution is 6.12. The minimum absolute atomic E-state index is 0.0647. The summed E-state index contributed by atoms with van der Waals surface area (Å²) in [6.45, 7) is 2.02. The van der Waals surface area contributed by atoms with E-state index in [0.717, 1.165) is 36.8 Å². The minimum atomic E-state index is -0.605. The normalized spacial score (nSPS) is 28.8. The Labute approximate surface area is 118 Å². The van der Waals surface area contributed by atoms with Gasteiger partial charge in [0, 0.05) is 11.8 Å². The van der Waals surface area contributed by atoms with Crippen LogP contribution < -0.4 is 10.7 Å². The van der Waals surface area contributed by atoms with Crippen LogP contribution >= 0.6 is 0 Å². The number of rotatable bonds is 3. The van der Waals surface area contributed by atoms with Gasteiger partial charge in [0.05, 0.1) is 0 Å². The summed E-state index contributed by atoms with van der Waals surface area (Å²) in [5, 5.41) is 0. The van der Waals surface area contributed by atoms with Crippen LogP contribution in [0.5, 0.6) is 5.75 Å². The quantitative estimate of drug-likeness (QED) is 0.676. The number of Topliss-reactive ketones (excluding diaryl/α,β-unsaturated/α-hetero) is 2. The average molecular weight is 273 g/mol. The van der Waals surface area contributed by atoms with Gasteiger partial charge in [0.2, 0.25) is 0 Å². The first-order valence-electron chi connectivity index (χ1n) is 7.22. The van der Waals surface area contributed by atoms with Gasteiger partial charge in [0.1, 0.15) is 11.7 Å². The molecular weight excluding hydrogens is 254 g/mol. The number of benzene rings is 1. The molecule has 3 rings (SSSR count). The number of ketones is 2. The van der Waals surface area contributed by atoms with Crippen molar-refractivity contribution < 1.29 is 14.4 Å². The van der Waals surface area contributed by atoms with E-state index in [2.05, 4.69) is 0 Å². The second kappa shape index (κ2) is 5.02. The first kappa shape index (κ1) is 13.3. The molecule has 0 heterocycles. The second-order valence-corrected chi connectivity index (χ2v) is 5.78. The molecule has 2 N–H and O–H groups in total. The Morgan fingerprint density at radius 1 is 1.20 bits per heavy atom. The second-order valence-electron chi connectivity index (χ2n) is 5.78. The van der Waals surface area contributed by atoms with Gasteiger partial charge in [-0.05, 0) is 48.9 Å². The van der Waals surface area contributed by atoms with E-state index in [1.165, 1.54) is 0 Å². The van der Waals surface area contributed by atoms with Crippen LogP contribution in [0.1, 0.15) is 43.2 Å². The van der Waals surface area contributed by atoms with Crippen LogP contribution in [0.3, 0.4) is 0 Å². The lowest BCUT2D eigenvalue weighted by Gasteiger charge is -2.27. The molecule has 0 spiro atoms. The van der Waals surface area contributed by atoms with Gasteiger partial charge in [-0.2, -0.15) is 5.90 Å². The van der Waals surface area contributed by atoms with Gasteiger partial charge in [0.15, 0.2) is 11.6 Å². The Bertz CT molecular complexity index is 545. The molecule has 1 aromatic carbocycles. The number of aryl methyl sites for hydroxylation is 1. The summed E-state index contributed by atoms with van der Waals surface area (Å²) < 4.78 is 0. The standard InChI is InChI=1S/C16H19NO3/c1-2-9-5-6-12(20-17)8-13(9)14-15(18)10-3-4-11(7-10)16(14)19/h5-6,8,10-11,14H,2-4,7,17H2,1H3. The average Bonchev–Trinajstić information content (AvgIpc) is 2.92. The highest BCUT2D eigenvalue weighted by atomic mass is 16.6. The van der Waals surface area contributed by atoms with Gasteiger partial charge in [-0.1, -0.05) is 13.0 Å². The van der Waals surface area contributed by atoms with Crippen molar-refractivity contribution in [3.8, 4) is 5.75 Å². The number of carbonyl (C=O) groups is 2. The van der Waals surface area contributed by atoms with Crippen molar-refractivity contribution in [1.29, 1.82) is 0 Å². The van der Waals surface area contributed by atoms with E-state index in [4.69, 9.17) is 10.7 Å². The molecule has 4 heteroatoms. The van der Waals surface area contributed by atoms with Crippen molar-refractivity contribution in [3.63, 3.8) is 0 Å². The number of fused-ring (bicyclic) bond motifs is 2. The Hall–Kier alpha value is -1.68. The fourth-order valence-electron chi connectivity index (χ4n) is 3.65. The Kier molecular flexibility index (Phi) is 3.34. The van der Waals surface area contributed by atoms with Crippen LogP contribution in [0.2, 0.25) is 0 Å². The molecule has 2 fully saturated rings. The molecule has 2 atom stereocenters. The summed E-state index contributed by atoms with van der Waals surface area (Å²) >= 11 is 0. The van der Waals surface area contributed by atoms with Crippen molar-refractivity contribution in [2.75, 3.05) is 0 Å². The third-order valence-electron chi connectivity index (χ3n) is 4.75. The van der Waals surface area contributed by atoms with Crippen molar-refractivity contribution in [2.45, 2.75) is 38.5 Å². The topological polar surface area (TPSA) is 69.4 Å². The number of nitrogens with two attached hydrogens (primary N) is 1. The molecule has 2 bridgehead atoms. The van der Waals surface area contributed by atoms with E-state index in [9.17, 15) is 9.59 Å².